The molecule has 32 heavy (non-hydrogen) atoms. The molecule has 0 aliphatic heterocycles. The van der Waals surface area contributed by atoms with Crippen LogP contribution >= 0.6 is 11.3 Å². The Balaban J connectivity index is 1.68. The summed E-state index contributed by atoms with van der Waals surface area (Å²) >= 11 is 1.35. The fourth-order valence-corrected chi connectivity index (χ4v) is 5.32. The lowest BCUT2D eigenvalue weighted by atomic mass is 10.2. The van der Waals surface area contributed by atoms with E-state index in [4.69, 9.17) is 0 Å². The van der Waals surface area contributed by atoms with Gasteiger partial charge in [0.15, 0.2) is 5.13 Å². The summed E-state index contributed by atoms with van der Waals surface area (Å²) in [5.41, 5.74) is 1.64. The van der Waals surface area contributed by atoms with E-state index in [0.29, 0.717) is 10.8 Å². The predicted molar refractivity (Wildman–Crippen MR) is 127 cm³/mol. The Kier molecular flexibility index (Phi) is 6.34. The number of amides is 1. The zero-order chi connectivity index (χ0) is 22.6. The quantitative estimate of drug-likeness (QED) is 0.414. The summed E-state index contributed by atoms with van der Waals surface area (Å²) < 4.78 is 28.7. The number of anilines is 2. The van der Waals surface area contributed by atoms with Crippen molar-refractivity contribution in [3.05, 3.63) is 107 Å². The van der Waals surface area contributed by atoms with E-state index >= 15 is 0 Å². The van der Waals surface area contributed by atoms with Crippen molar-refractivity contribution < 1.29 is 13.2 Å². The second-order valence-corrected chi connectivity index (χ2v) is 10.2. The van der Waals surface area contributed by atoms with E-state index in [0.717, 1.165) is 10.4 Å². The van der Waals surface area contributed by atoms with Gasteiger partial charge in [-0.1, -0.05) is 54.6 Å². The first-order valence-corrected chi connectivity index (χ1v) is 12.1. The first-order chi connectivity index (χ1) is 15.4. The highest BCUT2D eigenvalue weighted by Gasteiger charge is 2.26. The number of para-hydroxylation sites is 1. The third kappa shape index (κ3) is 4.87. The molecule has 6 nitrogen and oxygen atoms in total. The summed E-state index contributed by atoms with van der Waals surface area (Å²) in [5.74, 6) is -0.411. The fraction of sp³-hybridized carbons (Fsp3) is 0.0833. The van der Waals surface area contributed by atoms with E-state index in [1.54, 1.807) is 42.6 Å². The molecule has 0 fully saturated rings. The Morgan fingerprint density at radius 3 is 2.31 bits per heavy atom. The maximum absolute atomic E-state index is 13.7. The average molecular weight is 464 g/mol. The van der Waals surface area contributed by atoms with Gasteiger partial charge < -0.3 is 0 Å². The molecular formula is C24H21N3O3S2. The number of aromatic nitrogens is 1. The Hall–Kier alpha value is -3.49. The van der Waals surface area contributed by atoms with Gasteiger partial charge in [-0.15, -0.1) is 11.3 Å². The van der Waals surface area contributed by atoms with Gasteiger partial charge in [-0.05, 0) is 42.8 Å². The van der Waals surface area contributed by atoms with Gasteiger partial charge >= 0.3 is 0 Å². The highest BCUT2D eigenvalue weighted by molar-refractivity contribution is 7.92. The van der Waals surface area contributed by atoms with Crippen LogP contribution in [0.5, 0.6) is 0 Å². The molecule has 0 bridgehead atoms. The topological polar surface area (TPSA) is 79.4 Å². The number of carbonyl (C=O) groups is 1. The molecule has 0 unspecified atom stereocenters. The van der Waals surface area contributed by atoms with E-state index in [1.165, 1.54) is 27.8 Å². The molecule has 1 aromatic heterocycles. The first kappa shape index (κ1) is 21.7. The lowest BCUT2D eigenvalue weighted by Gasteiger charge is -2.25. The van der Waals surface area contributed by atoms with E-state index in [-0.39, 0.29) is 17.0 Å². The van der Waals surface area contributed by atoms with Gasteiger partial charge in [-0.2, -0.15) is 0 Å². The summed E-state index contributed by atoms with van der Waals surface area (Å²) in [6.45, 7) is 2.06. The predicted octanol–water partition coefficient (Wildman–Crippen LogP) is 5.10. The zero-order valence-electron chi connectivity index (χ0n) is 17.3. The molecule has 4 rings (SSSR count). The standard InChI is InChI=1S/C24H21N3O3S2/c1-18-16-25-24(31-18)26-23(28)20-11-8-14-22(15-20)32(29,30)27(21-12-6-3-7-13-21)17-19-9-4-2-5-10-19/h2-16H,17H2,1H3,(H,25,26,28). The van der Waals surface area contributed by atoms with Crippen LogP contribution in [0.4, 0.5) is 10.8 Å². The lowest BCUT2D eigenvalue weighted by Crippen LogP contribution is -2.30. The third-order valence-corrected chi connectivity index (χ3v) is 7.34. The van der Waals surface area contributed by atoms with Gasteiger partial charge in [0, 0.05) is 16.6 Å². The van der Waals surface area contributed by atoms with E-state index in [9.17, 15) is 13.2 Å². The molecule has 0 saturated carbocycles. The molecule has 162 valence electrons. The number of aryl methyl sites for hydroxylation is 1. The number of nitrogens with zero attached hydrogens (tertiary/aromatic N) is 2. The Morgan fingerprint density at radius 2 is 1.66 bits per heavy atom. The van der Waals surface area contributed by atoms with Crippen molar-refractivity contribution in [2.75, 3.05) is 9.62 Å². The monoisotopic (exact) mass is 463 g/mol. The van der Waals surface area contributed by atoms with Crippen molar-refractivity contribution in [1.82, 2.24) is 4.98 Å². The average Bonchev–Trinajstić information content (AvgIpc) is 3.23. The number of benzene rings is 3. The largest absolute Gasteiger partial charge is 0.298 e. The number of hydrogen-bond acceptors (Lipinski definition) is 5. The molecule has 4 aromatic rings. The van der Waals surface area contributed by atoms with Gasteiger partial charge in [-0.25, -0.2) is 13.4 Å². The van der Waals surface area contributed by atoms with E-state index < -0.39 is 15.9 Å². The molecule has 8 heteroatoms. The van der Waals surface area contributed by atoms with Crippen LogP contribution in [0.15, 0.2) is 96.0 Å². The maximum Gasteiger partial charge on any atom is 0.264 e. The first-order valence-electron chi connectivity index (χ1n) is 9.89. The van der Waals surface area contributed by atoms with Crippen LogP contribution in [0.3, 0.4) is 0 Å². The molecule has 0 radical (unpaired) electrons. The molecular weight excluding hydrogens is 442 g/mol. The molecule has 3 aromatic carbocycles. The Morgan fingerprint density at radius 1 is 0.969 bits per heavy atom. The highest BCUT2D eigenvalue weighted by Crippen LogP contribution is 2.27. The normalized spacial score (nSPS) is 11.2. The van der Waals surface area contributed by atoms with Crippen LogP contribution in [0.1, 0.15) is 20.8 Å². The van der Waals surface area contributed by atoms with Crippen LogP contribution in [0.25, 0.3) is 0 Å². The molecule has 1 heterocycles. The summed E-state index contributed by atoms with van der Waals surface area (Å²) in [6, 6.07) is 24.4. The van der Waals surface area contributed by atoms with Crippen LogP contribution in [0.2, 0.25) is 0 Å². The van der Waals surface area contributed by atoms with Crippen LogP contribution < -0.4 is 9.62 Å². The van der Waals surface area contributed by atoms with Gasteiger partial charge in [0.05, 0.1) is 17.1 Å². The minimum atomic E-state index is -3.94. The van der Waals surface area contributed by atoms with Crippen LogP contribution in [0, 0.1) is 6.92 Å². The molecule has 0 atom stereocenters. The molecule has 0 aliphatic rings. The summed E-state index contributed by atoms with van der Waals surface area (Å²) in [4.78, 5) is 17.8. The third-order valence-electron chi connectivity index (χ3n) is 4.74. The maximum atomic E-state index is 13.7. The Labute approximate surface area is 191 Å². The second-order valence-electron chi connectivity index (χ2n) is 7.09. The molecule has 0 saturated heterocycles. The summed E-state index contributed by atoms with van der Waals surface area (Å²) in [6.07, 6.45) is 1.67. The number of rotatable bonds is 7. The number of thiazole rings is 1. The van der Waals surface area contributed by atoms with Gasteiger partial charge in [0.1, 0.15) is 0 Å². The number of carbonyl (C=O) groups excluding carboxylic acids is 1. The van der Waals surface area contributed by atoms with Gasteiger partial charge in [0.25, 0.3) is 15.9 Å². The summed E-state index contributed by atoms with van der Waals surface area (Å²) in [7, 11) is -3.94. The van der Waals surface area contributed by atoms with Gasteiger partial charge in [0.2, 0.25) is 0 Å². The van der Waals surface area contributed by atoms with Crippen LogP contribution in [-0.4, -0.2) is 19.3 Å². The smallest absolute Gasteiger partial charge is 0.264 e. The van der Waals surface area contributed by atoms with E-state index in [1.807, 2.05) is 43.3 Å². The number of sulfonamides is 1. The minimum Gasteiger partial charge on any atom is -0.298 e. The lowest BCUT2D eigenvalue weighted by molar-refractivity contribution is 0.102. The van der Waals surface area contributed by atoms with Crippen molar-refractivity contribution >= 4 is 38.1 Å². The highest BCUT2D eigenvalue weighted by atomic mass is 32.2. The van der Waals surface area contributed by atoms with Gasteiger partial charge in [-0.3, -0.25) is 14.4 Å². The molecule has 0 spiro atoms. The van der Waals surface area contributed by atoms with Crippen molar-refractivity contribution in [3.8, 4) is 0 Å². The fourth-order valence-electron chi connectivity index (χ4n) is 3.17. The van der Waals surface area contributed by atoms with Crippen molar-refractivity contribution in [3.63, 3.8) is 0 Å². The zero-order valence-corrected chi connectivity index (χ0v) is 18.9. The number of hydrogen-bond donors (Lipinski definition) is 1. The Bertz CT molecular complexity index is 1320. The van der Waals surface area contributed by atoms with Crippen molar-refractivity contribution in [1.29, 1.82) is 0 Å². The summed E-state index contributed by atoms with van der Waals surface area (Å²) in [5, 5.41) is 3.19. The number of nitrogens with one attached hydrogen (secondary N) is 1. The van der Waals surface area contributed by atoms with Crippen molar-refractivity contribution in [2.45, 2.75) is 18.4 Å². The molecule has 1 N–H and O–H groups in total. The van der Waals surface area contributed by atoms with Crippen molar-refractivity contribution in [2.24, 2.45) is 0 Å². The second kappa shape index (κ2) is 9.33. The molecule has 1 amide bonds. The van der Waals surface area contributed by atoms with E-state index in [2.05, 4.69) is 10.3 Å². The SMILES string of the molecule is Cc1cnc(NC(=O)c2cccc(S(=O)(=O)N(Cc3ccccc3)c3ccccc3)c2)s1. The minimum absolute atomic E-state index is 0.0419. The van der Waals surface area contributed by atoms with Crippen LogP contribution in [-0.2, 0) is 16.6 Å². The molecule has 0 aliphatic carbocycles.